The van der Waals surface area contributed by atoms with Crippen molar-refractivity contribution >= 4 is 11.9 Å². The summed E-state index contributed by atoms with van der Waals surface area (Å²) >= 11 is 0. The molecule has 1 aromatic rings. The molecular weight excluding hydrogens is 300 g/mol. The summed E-state index contributed by atoms with van der Waals surface area (Å²) in [6, 6.07) is 4.80. The van der Waals surface area contributed by atoms with Crippen molar-refractivity contribution in [3.63, 3.8) is 0 Å². The molecule has 2 N–H and O–H groups in total. The summed E-state index contributed by atoms with van der Waals surface area (Å²) in [6.45, 7) is 5.16. The zero-order chi connectivity index (χ0) is 17.6. The van der Waals surface area contributed by atoms with Crippen molar-refractivity contribution in [1.29, 1.82) is 0 Å². The number of aliphatic hydroxyl groups is 2. The predicted octanol–water partition coefficient (Wildman–Crippen LogP) is 1.61. The standard InChI is InChI=1S/C17H22O6/c1-5-12(3)16(20)23-15-8-11(2)6-7-14(15)17(21,9-18)10-22-13(4)19/h5-8,18,21H,9-10H2,1-4H3/t17-/m1/s1. The molecule has 23 heavy (non-hydrogen) atoms. The van der Waals surface area contributed by atoms with Crippen molar-refractivity contribution in [2.45, 2.75) is 33.3 Å². The molecule has 0 amide bonds. The van der Waals surface area contributed by atoms with Gasteiger partial charge in [-0.3, -0.25) is 4.79 Å². The monoisotopic (exact) mass is 322 g/mol. The highest BCUT2D eigenvalue weighted by Crippen LogP contribution is 2.32. The molecule has 1 rings (SSSR count). The van der Waals surface area contributed by atoms with Gasteiger partial charge < -0.3 is 19.7 Å². The van der Waals surface area contributed by atoms with E-state index in [1.165, 1.54) is 13.0 Å². The van der Waals surface area contributed by atoms with Crippen LogP contribution in [0.1, 0.15) is 31.9 Å². The lowest BCUT2D eigenvalue weighted by atomic mass is 9.93. The predicted molar refractivity (Wildman–Crippen MR) is 83.9 cm³/mol. The molecule has 0 radical (unpaired) electrons. The fourth-order valence-electron chi connectivity index (χ4n) is 1.83. The topological polar surface area (TPSA) is 93.1 Å². The third-order valence-corrected chi connectivity index (χ3v) is 3.37. The van der Waals surface area contributed by atoms with Crippen LogP contribution in [0.25, 0.3) is 0 Å². The molecule has 0 saturated heterocycles. The molecule has 0 aromatic heterocycles. The van der Waals surface area contributed by atoms with E-state index in [0.717, 1.165) is 5.56 Å². The van der Waals surface area contributed by atoms with Crippen molar-refractivity contribution in [3.8, 4) is 5.75 Å². The molecular formula is C17H22O6. The van der Waals surface area contributed by atoms with Gasteiger partial charge in [0.2, 0.25) is 0 Å². The van der Waals surface area contributed by atoms with Gasteiger partial charge in [-0.1, -0.05) is 18.2 Å². The quantitative estimate of drug-likeness (QED) is 0.469. The number of aryl methyl sites for hydroxylation is 1. The molecule has 0 aliphatic heterocycles. The molecule has 0 aliphatic carbocycles. The molecule has 6 heteroatoms. The van der Waals surface area contributed by atoms with E-state index < -0.39 is 30.8 Å². The molecule has 1 atom stereocenters. The first-order valence-corrected chi connectivity index (χ1v) is 7.16. The summed E-state index contributed by atoms with van der Waals surface area (Å²) in [5.74, 6) is -1.04. The van der Waals surface area contributed by atoms with Gasteiger partial charge in [-0.2, -0.15) is 0 Å². The van der Waals surface area contributed by atoms with Gasteiger partial charge in [-0.15, -0.1) is 0 Å². The van der Waals surface area contributed by atoms with Crippen LogP contribution in [-0.4, -0.2) is 35.4 Å². The number of aliphatic hydroxyl groups excluding tert-OH is 1. The molecule has 0 fully saturated rings. The summed E-state index contributed by atoms with van der Waals surface area (Å²) in [5, 5.41) is 20.1. The Balaban J connectivity index is 3.23. The van der Waals surface area contributed by atoms with E-state index in [-0.39, 0.29) is 11.3 Å². The normalized spacial score (nSPS) is 14.1. The Labute approximate surface area is 135 Å². The van der Waals surface area contributed by atoms with Gasteiger partial charge in [0.05, 0.1) is 6.61 Å². The maximum Gasteiger partial charge on any atom is 0.338 e. The average molecular weight is 322 g/mol. The third-order valence-electron chi connectivity index (χ3n) is 3.37. The van der Waals surface area contributed by atoms with Crippen LogP contribution in [0, 0.1) is 6.92 Å². The summed E-state index contributed by atoms with van der Waals surface area (Å²) in [7, 11) is 0. The van der Waals surface area contributed by atoms with Gasteiger partial charge in [0.15, 0.2) is 5.60 Å². The Hall–Kier alpha value is -2.18. The van der Waals surface area contributed by atoms with Crippen molar-refractivity contribution in [1.82, 2.24) is 0 Å². The Bertz CT molecular complexity index is 620. The summed E-state index contributed by atoms with van der Waals surface area (Å²) in [4.78, 5) is 22.9. The smallest absolute Gasteiger partial charge is 0.338 e. The van der Waals surface area contributed by atoms with E-state index in [4.69, 9.17) is 9.47 Å². The molecule has 0 bridgehead atoms. The second-order valence-corrected chi connectivity index (χ2v) is 5.33. The van der Waals surface area contributed by atoms with Crippen LogP contribution in [-0.2, 0) is 19.9 Å². The number of allylic oxidation sites excluding steroid dienone is 1. The SMILES string of the molecule is CC=C(C)C(=O)Oc1cc(C)ccc1[C@@](O)(CO)COC(C)=O. The minimum Gasteiger partial charge on any atom is -0.462 e. The number of hydrogen-bond donors (Lipinski definition) is 2. The number of benzene rings is 1. The van der Waals surface area contributed by atoms with Gasteiger partial charge in [0, 0.05) is 18.1 Å². The number of ether oxygens (including phenoxy) is 2. The summed E-state index contributed by atoms with van der Waals surface area (Å²) in [6.07, 6.45) is 1.61. The molecule has 126 valence electrons. The largest absolute Gasteiger partial charge is 0.462 e. The van der Waals surface area contributed by atoms with Gasteiger partial charge in [0.25, 0.3) is 0 Å². The van der Waals surface area contributed by atoms with Gasteiger partial charge in [-0.05, 0) is 32.4 Å². The van der Waals surface area contributed by atoms with E-state index >= 15 is 0 Å². The molecule has 0 aliphatic rings. The second-order valence-electron chi connectivity index (χ2n) is 5.33. The van der Waals surface area contributed by atoms with Crippen molar-refractivity contribution < 1.29 is 29.3 Å². The number of carbonyl (C=O) groups is 2. The number of hydrogen-bond acceptors (Lipinski definition) is 6. The zero-order valence-electron chi connectivity index (χ0n) is 13.8. The van der Waals surface area contributed by atoms with Crippen LogP contribution in [0.5, 0.6) is 5.75 Å². The fourth-order valence-corrected chi connectivity index (χ4v) is 1.83. The molecule has 1 aromatic carbocycles. The Morgan fingerprint density at radius 1 is 1.30 bits per heavy atom. The van der Waals surface area contributed by atoms with E-state index in [2.05, 4.69) is 0 Å². The number of carbonyl (C=O) groups excluding carboxylic acids is 2. The average Bonchev–Trinajstić information content (AvgIpc) is 2.51. The van der Waals surface area contributed by atoms with Crippen LogP contribution < -0.4 is 4.74 Å². The molecule has 0 unspecified atom stereocenters. The summed E-state index contributed by atoms with van der Waals surface area (Å²) in [5.41, 5.74) is -0.477. The highest BCUT2D eigenvalue weighted by molar-refractivity contribution is 5.89. The first kappa shape index (κ1) is 18.9. The van der Waals surface area contributed by atoms with Gasteiger partial charge >= 0.3 is 11.9 Å². The van der Waals surface area contributed by atoms with Crippen LogP contribution >= 0.6 is 0 Å². The maximum atomic E-state index is 12.0. The lowest BCUT2D eigenvalue weighted by molar-refractivity contribution is -0.152. The highest BCUT2D eigenvalue weighted by atomic mass is 16.5. The van der Waals surface area contributed by atoms with E-state index in [1.54, 1.807) is 39.0 Å². The lowest BCUT2D eigenvalue weighted by Gasteiger charge is -2.27. The van der Waals surface area contributed by atoms with Crippen molar-refractivity contribution in [2.75, 3.05) is 13.2 Å². The Morgan fingerprint density at radius 3 is 2.48 bits per heavy atom. The first-order valence-electron chi connectivity index (χ1n) is 7.16. The molecule has 0 spiro atoms. The second kappa shape index (κ2) is 7.89. The van der Waals surface area contributed by atoms with Crippen LogP contribution in [0.4, 0.5) is 0 Å². The van der Waals surface area contributed by atoms with Crippen molar-refractivity contribution in [3.05, 3.63) is 41.0 Å². The Morgan fingerprint density at radius 2 is 1.96 bits per heavy atom. The minimum absolute atomic E-state index is 0.111. The third kappa shape index (κ3) is 4.91. The maximum absolute atomic E-state index is 12.0. The van der Waals surface area contributed by atoms with Crippen LogP contribution in [0.2, 0.25) is 0 Å². The molecule has 0 heterocycles. The highest BCUT2D eigenvalue weighted by Gasteiger charge is 2.34. The molecule has 6 nitrogen and oxygen atoms in total. The molecule has 0 saturated carbocycles. The van der Waals surface area contributed by atoms with Gasteiger partial charge in [-0.25, -0.2) is 4.79 Å². The van der Waals surface area contributed by atoms with E-state index in [1.807, 2.05) is 0 Å². The minimum atomic E-state index is -1.86. The van der Waals surface area contributed by atoms with Crippen molar-refractivity contribution in [2.24, 2.45) is 0 Å². The van der Waals surface area contributed by atoms with Gasteiger partial charge in [0.1, 0.15) is 12.4 Å². The van der Waals surface area contributed by atoms with Crippen LogP contribution in [0.3, 0.4) is 0 Å². The number of esters is 2. The zero-order valence-corrected chi connectivity index (χ0v) is 13.8. The lowest BCUT2D eigenvalue weighted by Crippen LogP contribution is -2.37. The Kier molecular flexibility index (Phi) is 6.48. The number of rotatable bonds is 6. The first-order chi connectivity index (χ1) is 10.7. The fraction of sp³-hybridized carbons (Fsp3) is 0.412. The van der Waals surface area contributed by atoms with Crippen LogP contribution in [0.15, 0.2) is 29.8 Å². The summed E-state index contributed by atoms with van der Waals surface area (Å²) < 4.78 is 10.1. The van der Waals surface area contributed by atoms with E-state index in [0.29, 0.717) is 5.57 Å². The van der Waals surface area contributed by atoms with E-state index in [9.17, 15) is 19.8 Å².